The van der Waals surface area contributed by atoms with E-state index >= 15 is 0 Å². The van der Waals surface area contributed by atoms with E-state index in [-0.39, 0.29) is 41.1 Å². The summed E-state index contributed by atoms with van der Waals surface area (Å²) in [6, 6.07) is 0. The number of hydrogen-bond acceptors (Lipinski definition) is 1. The first kappa shape index (κ1) is 15.8. The molecule has 0 rings (SSSR count). The molecule has 0 aliphatic rings. The third kappa shape index (κ3) is 111. The van der Waals surface area contributed by atoms with E-state index in [0.29, 0.717) is 0 Å². The van der Waals surface area contributed by atoms with Gasteiger partial charge in [0.1, 0.15) is 0 Å². The molecule has 0 bridgehead atoms. The van der Waals surface area contributed by atoms with Crippen LogP contribution in [0.4, 0.5) is 0 Å². The van der Waals surface area contributed by atoms with Gasteiger partial charge in [0.25, 0.3) is 0 Å². The zero-order chi connectivity index (χ0) is 4.50. The first-order valence-electron chi connectivity index (χ1n) is 0.783. The Bertz CT molecular complexity index is 54.2. The van der Waals surface area contributed by atoms with Gasteiger partial charge in [0.2, 0.25) is 0 Å². The summed E-state index contributed by atoms with van der Waals surface area (Å²) in [6.45, 7) is 0. The molecular weight excluding hydrogens is 294 g/mol. The molecule has 0 fully saturated rings. The molecule has 5 nitrogen and oxygen atoms in total. The van der Waals surface area contributed by atoms with E-state index < -0.39 is 14.5 Å². The molecule has 0 heterocycles. The fourth-order valence-electron chi connectivity index (χ4n) is 0. The molecule has 0 amide bonds. The van der Waals surface area contributed by atoms with Crippen molar-refractivity contribution in [3.05, 3.63) is 0 Å². The van der Waals surface area contributed by atoms with E-state index in [9.17, 15) is 0 Å². The van der Waals surface area contributed by atoms with Crippen molar-refractivity contribution in [2.45, 2.75) is 0 Å². The molecule has 7 heteroatoms. The molecule has 0 saturated carbocycles. The Kier molecular flexibility index (Phi) is 12.5. The molecule has 0 unspecified atom stereocenters. The van der Waals surface area contributed by atoms with Crippen molar-refractivity contribution in [1.29, 1.82) is 0 Å². The zero-order valence-corrected chi connectivity index (χ0v) is 8.78. The predicted octanol–water partition coefficient (Wildman–Crippen LogP) is -3.00. The van der Waals surface area contributed by atoms with E-state index in [1.165, 1.54) is 0 Å². The van der Waals surface area contributed by atoms with Gasteiger partial charge in [-0.05, 0) is 0 Å². The van der Waals surface area contributed by atoms with Crippen LogP contribution in [-0.4, -0.2) is 32.3 Å². The SMILES string of the molecule is O.O=[As](O)(O)O.[La]. The van der Waals surface area contributed by atoms with Gasteiger partial charge in [0.05, 0.1) is 0 Å². The standard InChI is InChI=1S/AsH3O4.La.H2O/c2-1(3,4)5;;/h(H3,2,3,4,5);;1H2. The molecule has 7 heavy (non-hydrogen) atoms. The van der Waals surface area contributed by atoms with Crippen molar-refractivity contribution in [2.75, 3.05) is 0 Å². The van der Waals surface area contributed by atoms with E-state index in [1.807, 2.05) is 0 Å². The largest absolute Gasteiger partial charge is 0 e. The summed E-state index contributed by atoms with van der Waals surface area (Å²) >= 11 is -5.12. The molecule has 0 atom stereocenters. The zero-order valence-electron chi connectivity index (χ0n) is 3.27. The summed E-state index contributed by atoms with van der Waals surface area (Å²) in [4.78, 5) is 0. The van der Waals surface area contributed by atoms with Crippen LogP contribution in [0, 0.1) is 35.6 Å². The Morgan fingerprint density at radius 3 is 1.14 bits per heavy atom. The third-order valence-corrected chi connectivity index (χ3v) is 0. The molecule has 0 aromatic carbocycles. The van der Waals surface area contributed by atoms with Crippen molar-refractivity contribution < 1.29 is 57.1 Å². The Labute approximate surface area is 71.0 Å². The van der Waals surface area contributed by atoms with Gasteiger partial charge in [0.15, 0.2) is 0 Å². The van der Waals surface area contributed by atoms with Crippen LogP contribution in [0.3, 0.4) is 0 Å². The van der Waals surface area contributed by atoms with Gasteiger partial charge in [-0.3, -0.25) is 0 Å². The van der Waals surface area contributed by atoms with Gasteiger partial charge < -0.3 is 5.48 Å². The molecule has 0 spiro atoms. The Morgan fingerprint density at radius 2 is 1.14 bits per heavy atom. The summed E-state index contributed by atoms with van der Waals surface area (Å²) in [5.74, 6) is 0. The van der Waals surface area contributed by atoms with Crippen LogP contribution < -0.4 is 0 Å². The van der Waals surface area contributed by atoms with Gasteiger partial charge in [-0.1, -0.05) is 0 Å². The van der Waals surface area contributed by atoms with Gasteiger partial charge in [0, 0.05) is 35.6 Å². The summed E-state index contributed by atoms with van der Waals surface area (Å²) < 4.78 is 30.7. The fraction of sp³-hybridized carbons (Fsp3) is 0. The second-order valence-corrected chi connectivity index (χ2v) is 2.67. The molecule has 0 aliphatic heterocycles. The third-order valence-electron chi connectivity index (χ3n) is 0. The van der Waals surface area contributed by atoms with E-state index in [4.69, 9.17) is 16.0 Å². The average Bonchev–Trinajstić information content (AvgIpc) is 0.722. The van der Waals surface area contributed by atoms with E-state index in [1.54, 1.807) is 0 Å². The van der Waals surface area contributed by atoms with Crippen molar-refractivity contribution in [3.63, 3.8) is 0 Å². The first-order valence-corrected chi connectivity index (χ1v) is 4.07. The number of hydrogen-bond donors (Lipinski definition) is 3. The topological polar surface area (TPSA) is 109 Å². The van der Waals surface area contributed by atoms with Crippen LogP contribution in [-0.2, 0) is 3.74 Å². The van der Waals surface area contributed by atoms with Crippen molar-refractivity contribution >= 4 is 14.5 Å². The van der Waals surface area contributed by atoms with Crippen molar-refractivity contribution in [1.82, 2.24) is 0 Å². The van der Waals surface area contributed by atoms with Crippen LogP contribution in [0.2, 0.25) is 0 Å². The summed E-state index contributed by atoms with van der Waals surface area (Å²) in [5, 5.41) is 0. The quantitative estimate of drug-likeness (QED) is 0.414. The van der Waals surface area contributed by atoms with E-state index in [2.05, 4.69) is 0 Å². The molecule has 0 aliphatic carbocycles. The first-order chi connectivity index (χ1) is 2.00. The second-order valence-electron chi connectivity index (χ2n) is 0.513. The summed E-state index contributed by atoms with van der Waals surface area (Å²) in [5.41, 5.74) is 0. The van der Waals surface area contributed by atoms with Gasteiger partial charge in [-0.25, -0.2) is 0 Å². The normalized spacial score (nSPS) is 8.43. The molecule has 43 valence electrons. The average molecular weight is 299 g/mol. The maximum atomic E-state index is 8.94. The van der Waals surface area contributed by atoms with Gasteiger partial charge in [-0.2, -0.15) is 0 Å². The molecular formula is H5AsLaO5. The number of rotatable bonds is 0. The molecule has 5 N–H and O–H groups in total. The minimum absolute atomic E-state index is 0. The second kappa shape index (κ2) is 5.53. The van der Waals surface area contributed by atoms with Crippen molar-refractivity contribution in [2.24, 2.45) is 0 Å². The minimum atomic E-state index is -5.12. The van der Waals surface area contributed by atoms with E-state index in [0.717, 1.165) is 0 Å². The van der Waals surface area contributed by atoms with Crippen LogP contribution >= 0.6 is 0 Å². The van der Waals surface area contributed by atoms with Crippen molar-refractivity contribution in [3.8, 4) is 0 Å². The maximum Gasteiger partial charge on any atom is 0 e. The summed E-state index contributed by atoms with van der Waals surface area (Å²) in [6.07, 6.45) is 0. The Hall–Kier alpha value is 1.39. The van der Waals surface area contributed by atoms with Crippen LogP contribution in [0.15, 0.2) is 0 Å². The van der Waals surface area contributed by atoms with Crippen LogP contribution in [0.1, 0.15) is 0 Å². The maximum absolute atomic E-state index is 8.94. The smallest absolute Gasteiger partial charge is 0 e. The molecule has 1 radical (unpaired) electrons. The molecule has 0 aromatic rings. The molecule has 0 aromatic heterocycles. The molecule has 0 saturated heterocycles. The van der Waals surface area contributed by atoms with Gasteiger partial charge in [-0.15, -0.1) is 0 Å². The fourth-order valence-corrected chi connectivity index (χ4v) is 0. The van der Waals surface area contributed by atoms with Crippen LogP contribution in [0.25, 0.3) is 0 Å². The Morgan fingerprint density at radius 1 is 1.14 bits per heavy atom. The Balaban J connectivity index is -0.0000000800. The predicted molar refractivity (Wildman–Crippen MR) is 16.7 cm³/mol. The van der Waals surface area contributed by atoms with Crippen LogP contribution in [0.5, 0.6) is 0 Å². The van der Waals surface area contributed by atoms with Gasteiger partial charge >= 0.3 is 30.5 Å². The minimum Gasteiger partial charge on any atom is 0 e. The summed E-state index contributed by atoms with van der Waals surface area (Å²) in [7, 11) is 0. The monoisotopic (exact) mass is 299 g/mol.